The van der Waals surface area contributed by atoms with Gasteiger partial charge in [-0.15, -0.1) is 11.3 Å². The van der Waals surface area contributed by atoms with Crippen LogP contribution in [0.25, 0.3) is 10.2 Å². The van der Waals surface area contributed by atoms with Crippen LogP contribution in [0.15, 0.2) is 40.3 Å². The lowest BCUT2D eigenvalue weighted by atomic mass is 9.89. The second kappa shape index (κ2) is 8.09. The minimum atomic E-state index is -0.459. The number of aryl methyl sites for hydroxylation is 1. The number of nitrogens with zero attached hydrogens (tertiary/aromatic N) is 1. The molecule has 0 aliphatic heterocycles. The van der Waals surface area contributed by atoms with Crippen molar-refractivity contribution in [2.24, 2.45) is 5.92 Å². The molecule has 0 amide bonds. The molecule has 146 valence electrons. The van der Waals surface area contributed by atoms with Gasteiger partial charge in [0.05, 0.1) is 5.39 Å². The fourth-order valence-electron chi connectivity index (χ4n) is 3.45. The molecule has 0 unspecified atom stereocenters. The van der Waals surface area contributed by atoms with Crippen LogP contribution in [-0.2, 0) is 29.0 Å². The smallest absolute Gasteiger partial charge is 0.319 e. The Kier molecular flexibility index (Phi) is 5.55. The van der Waals surface area contributed by atoms with Gasteiger partial charge in [-0.25, -0.2) is 4.98 Å². The molecule has 0 saturated carbocycles. The largest absolute Gasteiger partial charge is 0.460 e. The van der Waals surface area contributed by atoms with Gasteiger partial charge in [0.15, 0.2) is 5.16 Å². The molecular formula is C21H22N2O3S2. The number of benzene rings is 1. The first-order chi connectivity index (χ1) is 13.5. The number of carbonyl (C=O) groups is 1. The van der Waals surface area contributed by atoms with Crippen molar-refractivity contribution in [2.45, 2.75) is 50.1 Å². The Morgan fingerprint density at radius 1 is 1.39 bits per heavy atom. The van der Waals surface area contributed by atoms with E-state index in [2.05, 4.69) is 16.9 Å². The lowest BCUT2D eigenvalue weighted by molar-refractivity contribution is -0.143. The number of hydrogen-bond acceptors (Lipinski definition) is 6. The van der Waals surface area contributed by atoms with E-state index >= 15 is 0 Å². The molecule has 4 rings (SSSR count). The minimum absolute atomic E-state index is 0.107. The average Bonchev–Trinajstić information content (AvgIpc) is 3.04. The van der Waals surface area contributed by atoms with Crippen LogP contribution in [0.4, 0.5) is 0 Å². The van der Waals surface area contributed by atoms with Crippen molar-refractivity contribution in [1.82, 2.24) is 9.97 Å². The molecule has 1 aliphatic rings. The molecule has 3 aromatic rings. The molecule has 0 fully saturated rings. The molecular weight excluding hydrogens is 392 g/mol. The van der Waals surface area contributed by atoms with Crippen molar-refractivity contribution < 1.29 is 9.53 Å². The van der Waals surface area contributed by atoms with Gasteiger partial charge >= 0.3 is 5.97 Å². The van der Waals surface area contributed by atoms with Crippen molar-refractivity contribution in [1.29, 1.82) is 0 Å². The van der Waals surface area contributed by atoms with Gasteiger partial charge in [0, 0.05) is 4.88 Å². The number of aromatic nitrogens is 2. The average molecular weight is 415 g/mol. The second-order valence-corrected chi connectivity index (χ2v) is 9.67. The van der Waals surface area contributed by atoms with Gasteiger partial charge in [0.25, 0.3) is 5.56 Å². The molecule has 2 aromatic heterocycles. The molecule has 28 heavy (non-hydrogen) atoms. The fraction of sp³-hybridized carbons (Fsp3) is 0.381. The number of esters is 1. The summed E-state index contributed by atoms with van der Waals surface area (Å²) in [4.78, 5) is 34.5. The molecule has 5 nitrogen and oxygen atoms in total. The quantitative estimate of drug-likeness (QED) is 0.382. The van der Waals surface area contributed by atoms with Gasteiger partial charge in [0.1, 0.15) is 16.7 Å². The molecule has 7 heteroatoms. The number of fused-ring (bicyclic) bond motifs is 3. The first-order valence-electron chi connectivity index (χ1n) is 9.43. The third kappa shape index (κ3) is 4.00. The maximum atomic E-state index is 12.7. The van der Waals surface area contributed by atoms with Gasteiger partial charge in [-0.1, -0.05) is 49.0 Å². The topological polar surface area (TPSA) is 72.0 Å². The van der Waals surface area contributed by atoms with Crippen molar-refractivity contribution in [3.63, 3.8) is 0 Å². The van der Waals surface area contributed by atoms with Gasteiger partial charge < -0.3 is 9.72 Å². The third-order valence-corrected chi connectivity index (χ3v) is 7.10. The molecule has 2 heterocycles. The molecule has 1 N–H and O–H groups in total. The Hall–Kier alpha value is -2.12. The van der Waals surface area contributed by atoms with Crippen LogP contribution in [0.3, 0.4) is 0 Å². The molecule has 2 atom stereocenters. The highest BCUT2D eigenvalue weighted by Gasteiger charge is 2.24. The van der Waals surface area contributed by atoms with Crippen LogP contribution < -0.4 is 5.56 Å². The third-order valence-electron chi connectivity index (χ3n) is 4.99. The first kappa shape index (κ1) is 19.2. The van der Waals surface area contributed by atoms with Crippen molar-refractivity contribution in [3.05, 3.63) is 56.7 Å². The number of rotatable bonds is 5. The normalized spacial score (nSPS) is 17.3. The Balaban J connectivity index is 1.48. The minimum Gasteiger partial charge on any atom is -0.460 e. The molecule has 0 radical (unpaired) electrons. The maximum Gasteiger partial charge on any atom is 0.319 e. The summed E-state index contributed by atoms with van der Waals surface area (Å²) in [6.45, 7) is 4.25. The van der Waals surface area contributed by atoms with E-state index in [9.17, 15) is 9.59 Å². The van der Waals surface area contributed by atoms with Gasteiger partial charge in [-0.2, -0.15) is 0 Å². The summed E-state index contributed by atoms with van der Waals surface area (Å²) in [7, 11) is 0. The molecule has 0 saturated heterocycles. The van der Waals surface area contributed by atoms with Crippen molar-refractivity contribution >= 4 is 39.3 Å². The van der Waals surface area contributed by atoms with E-state index in [0.717, 1.165) is 35.0 Å². The number of hydrogen-bond donors (Lipinski definition) is 1. The van der Waals surface area contributed by atoms with Gasteiger partial charge in [-0.05, 0) is 43.2 Å². The van der Waals surface area contributed by atoms with Crippen LogP contribution in [0.5, 0.6) is 0 Å². The van der Waals surface area contributed by atoms with Crippen LogP contribution in [-0.4, -0.2) is 21.2 Å². The zero-order chi connectivity index (χ0) is 19.7. The second-order valence-electron chi connectivity index (χ2n) is 7.26. The van der Waals surface area contributed by atoms with Crippen LogP contribution in [0.1, 0.15) is 36.3 Å². The van der Waals surface area contributed by atoms with Crippen molar-refractivity contribution in [3.8, 4) is 0 Å². The van der Waals surface area contributed by atoms with Crippen molar-refractivity contribution in [2.75, 3.05) is 0 Å². The molecule has 0 bridgehead atoms. The zero-order valence-electron chi connectivity index (χ0n) is 15.9. The lowest BCUT2D eigenvalue weighted by Gasteiger charge is -2.17. The summed E-state index contributed by atoms with van der Waals surface area (Å²) >= 11 is 2.84. The summed E-state index contributed by atoms with van der Waals surface area (Å²) in [6.07, 6.45) is 3.06. The standard InChI is InChI=1S/C21H22N2O3S2/c1-12-8-9-15-16(10-12)28-19-17(15)18(24)22-21(23-19)27-13(2)20(25)26-11-14-6-4-3-5-7-14/h3-7,12-13H,8-11H2,1-2H3,(H,22,23,24)/t12-,13-/m1/s1. The van der Waals surface area contributed by atoms with E-state index in [4.69, 9.17) is 4.74 Å². The number of thiophene rings is 1. The van der Waals surface area contributed by atoms with Crippen LogP contribution in [0, 0.1) is 5.92 Å². The zero-order valence-corrected chi connectivity index (χ0v) is 17.5. The number of nitrogens with one attached hydrogen (secondary N) is 1. The SMILES string of the molecule is C[C@@H]1CCc2c(sc3nc(S[C@H](C)C(=O)OCc4ccccc4)[nH]c(=O)c23)C1. The summed E-state index contributed by atoms with van der Waals surface area (Å²) < 4.78 is 5.38. The highest BCUT2D eigenvalue weighted by atomic mass is 32.2. The Bertz CT molecular complexity index is 1060. The number of thioether (sulfide) groups is 1. The predicted octanol–water partition coefficient (Wildman–Crippen LogP) is 4.33. The predicted molar refractivity (Wildman–Crippen MR) is 113 cm³/mol. The van der Waals surface area contributed by atoms with Crippen LogP contribution in [0.2, 0.25) is 0 Å². The van der Waals surface area contributed by atoms with Gasteiger partial charge in [0.2, 0.25) is 0 Å². The van der Waals surface area contributed by atoms with E-state index in [1.807, 2.05) is 30.3 Å². The van der Waals surface area contributed by atoms with Crippen LogP contribution >= 0.6 is 23.1 Å². The Morgan fingerprint density at radius 2 is 2.18 bits per heavy atom. The highest BCUT2D eigenvalue weighted by Crippen LogP contribution is 2.36. The summed E-state index contributed by atoms with van der Waals surface area (Å²) in [6, 6.07) is 9.57. The van der Waals surface area contributed by atoms with E-state index in [-0.39, 0.29) is 18.1 Å². The fourth-order valence-corrected chi connectivity index (χ4v) is 5.68. The maximum absolute atomic E-state index is 12.7. The number of ether oxygens (including phenoxy) is 1. The number of aromatic amines is 1. The lowest BCUT2D eigenvalue weighted by Crippen LogP contribution is -2.18. The molecule has 0 spiro atoms. The van der Waals surface area contributed by atoms with E-state index in [1.165, 1.54) is 22.2 Å². The van der Waals surface area contributed by atoms with Gasteiger partial charge in [-0.3, -0.25) is 9.59 Å². The monoisotopic (exact) mass is 414 g/mol. The van der Waals surface area contributed by atoms with E-state index in [0.29, 0.717) is 11.1 Å². The summed E-state index contributed by atoms with van der Waals surface area (Å²) in [5, 5.41) is 0.739. The molecule has 1 aromatic carbocycles. The first-order valence-corrected chi connectivity index (χ1v) is 11.1. The Labute approximate surface area is 171 Å². The highest BCUT2D eigenvalue weighted by molar-refractivity contribution is 8.00. The van der Waals surface area contributed by atoms with E-state index in [1.54, 1.807) is 18.3 Å². The molecule has 1 aliphatic carbocycles. The number of H-pyrrole nitrogens is 1. The Morgan fingerprint density at radius 3 is 2.96 bits per heavy atom. The summed E-state index contributed by atoms with van der Waals surface area (Å²) in [5.41, 5.74) is 2.00. The summed E-state index contributed by atoms with van der Waals surface area (Å²) in [5.74, 6) is 0.323. The number of carbonyl (C=O) groups excluding carboxylic acids is 1. The van der Waals surface area contributed by atoms with E-state index < -0.39 is 5.25 Å².